The normalized spacial score (nSPS) is 11.1. The van der Waals surface area contributed by atoms with Crippen LogP contribution in [0.2, 0.25) is 0 Å². The van der Waals surface area contributed by atoms with Gasteiger partial charge >= 0.3 is 6.16 Å². The van der Waals surface area contributed by atoms with Crippen LogP contribution in [0.4, 0.5) is 4.79 Å². The maximum Gasteiger partial charge on any atom is 0.511 e. The molecule has 2 N–H and O–H groups in total. The molecule has 0 saturated carbocycles. The summed E-state index contributed by atoms with van der Waals surface area (Å²) in [5.74, 6) is 0.661. The van der Waals surface area contributed by atoms with Crippen molar-refractivity contribution in [3.63, 3.8) is 0 Å². The minimum Gasteiger partial charge on any atom is -0.504 e. The van der Waals surface area contributed by atoms with Gasteiger partial charge in [-0.1, -0.05) is 130 Å². The topological polar surface area (TPSA) is 76.0 Å². The Bertz CT molecular complexity index is 731. The van der Waals surface area contributed by atoms with Crippen molar-refractivity contribution in [3.05, 3.63) is 17.2 Å². The largest absolute Gasteiger partial charge is 0.511 e. The molecular formula is C33H58O5. The smallest absolute Gasteiger partial charge is 0.504 e. The summed E-state index contributed by atoms with van der Waals surface area (Å²) in [6, 6.07) is 1.60. The van der Waals surface area contributed by atoms with Crippen LogP contribution in [0.25, 0.3) is 0 Å². The van der Waals surface area contributed by atoms with Crippen LogP contribution in [-0.4, -0.2) is 23.0 Å². The Morgan fingerprint density at radius 3 is 1.50 bits per heavy atom. The van der Waals surface area contributed by atoms with Crippen molar-refractivity contribution in [2.45, 2.75) is 162 Å². The highest BCUT2D eigenvalue weighted by Crippen LogP contribution is 2.41. The van der Waals surface area contributed by atoms with Crippen LogP contribution in [0.3, 0.4) is 0 Å². The third kappa shape index (κ3) is 15.5. The molecule has 1 aromatic carbocycles. The van der Waals surface area contributed by atoms with E-state index in [1.165, 1.54) is 89.9 Å². The molecule has 5 nitrogen and oxygen atoms in total. The number of phenols is 1. The molecule has 38 heavy (non-hydrogen) atoms. The van der Waals surface area contributed by atoms with E-state index in [0.717, 1.165) is 56.1 Å². The number of rotatable bonds is 25. The lowest BCUT2D eigenvalue weighted by atomic mass is 9.94. The molecule has 1 aromatic rings. The molecule has 0 saturated heterocycles. The van der Waals surface area contributed by atoms with Gasteiger partial charge in [0, 0.05) is 17.2 Å². The Morgan fingerprint density at radius 2 is 1.03 bits per heavy atom. The van der Waals surface area contributed by atoms with Crippen molar-refractivity contribution in [2.75, 3.05) is 6.61 Å². The molecule has 0 heterocycles. The molecule has 0 aromatic heterocycles. The second-order valence-electron chi connectivity index (χ2n) is 10.9. The quantitative estimate of drug-likeness (QED) is 0.0741. The summed E-state index contributed by atoms with van der Waals surface area (Å²) in [7, 11) is 0. The fraction of sp³-hybridized carbons (Fsp3) is 0.788. The predicted molar refractivity (Wildman–Crippen MR) is 159 cm³/mol. The molecule has 0 fully saturated rings. The lowest BCUT2D eigenvalue weighted by molar-refractivity contribution is 0.142. The number of unbranched alkanes of at least 4 members (excludes halogenated alkanes) is 17. The van der Waals surface area contributed by atoms with Gasteiger partial charge in [0.05, 0.1) is 6.61 Å². The molecule has 220 valence electrons. The van der Waals surface area contributed by atoms with Gasteiger partial charge in [-0.05, 0) is 32.1 Å². The predicted octanol–water partition coefficient (Wildman–Crippen LogP) is 10.8. The van der Waals surface area contributed by atoms with E-state index in [2.05, 4.69) is 20.8 Å². The number of phenolic OH excluding ortho intramolecular Hbond substituents is 1. The third-order valence-electron chi connectivity index (χ3n) is 7.46. The van der Waals surface area contributed by atoms with E-state index >= 15 is 0 Å². The summed E-state index contributed by atoms with van der Waals surface area (Å²) in [6.45, 7) is 7.29. The van der Waals surface area contributed by atoms with Crippen molar-refractivity contribution < 1.29 is 24.5 Å². The number of benzene rings is 1. The third-order valence-corrected chi connectivity index (χ3v) is 7.46. The first-order chi connectivity index (χ1) is 18.5. The van der Waals surface area contributed by atoms with Crippen molar-refractivity contribution in [3.8, 4) is 17.2 Å². The van der Waals surface area contributed by atoms with E-state index < -0.39 is 6.16 Å². The number of aromatic hydroxyl groups is 1. The Hall–Kier alpha value is -1.91. The van der Waals surface area contributed by atoms with Crippen LogP contribution >= 0.6 is 0 Å². The number of carboxylic acid groups (broad SMARTS) is 1. The average molecular weight is 535 g/mol. The van der Waals surface area contributed by atoms with Crippen molar-refractivity contribution in [1.82, 2.24) is 0 Å². The Morgan fingerprint density at radius 1 is 0.605 bits per heavy atom. The highest BCUT2D eigenvalue weighted by Gasteiger charge is 2.21. The van der Waals surface area contributed by atoms with Crippen LogP contribution < -0.4 is 9.47 Å². The SMILES string of the molecule is CCCCCCCCCCOc1cc(OC(=O)O)c(O)c(CCCCCCCC)c1CCCCCCCC. The molecule has 0 bridgehead atoms. The highest BCUT2D eigenvalue weighted by molar-refractivity contribution is 5.66. The molecule has 0 amide bonds. The van der Waals surface area contributed by atoms with Crippen LogP contribution in [-0.2, 0) is 12.8 Å². The van der Waals surface area contributed by atoms with E-state index in [9.17, 15) is 15.0 Å². The van der Waals surface area contributed by atoms with Crippen molar-refractivity contribution in [1.29, 1.82) is 0 Å². The molecular weight excluding hydrogens is 476 g/mol. The summed E-state index contributed by atoms with van der Waals surface area (Å²) >= 11 is 0. The molecule has 0 unspecified atom stereocenters. The number of hydrogen-bond acceptors (Lipinski definition) is 4. The van der Waals surface area contributed by atoms with E-state index in [1.807, 2.05) is 0 Å². The molecule has 0 aliphatic rings. The Balaban J connectivity index is 2.91. The van der Waals surface area contributed by atoms with E-state index in [1.54, 1.807) is 6.07 Å². The van der Waals surface area contributed by atoms with E-state index in [4.69, 9.17) is 9.47 Å². The van der Waals surface area contributed by atoms with Gasteiger partial charge in [0.1, 0.15) is 5.75 Å². The zero-order valence-electron chi connectivity index (χ0n) is 25.0. The van der Waals surface area contributed by atoms with Gasteiger partial charge in [0.15, 0.2) is 11.5 Å². The molecule has 5 heteroatoms. The van der Waals surface area contributed by atoms with E-state index in [0.29, 0.717) is 18.8 Å². The van der Waals surface area contributed by atoms with Gasteiger partial charge in [0.2, 0.25) is 0 Å². The first-order valence-electron chi connectivity index (χ1n) is 16.0. The Kier molecular flexibility index (Phi) is 20.7. The first-order valence-corrected chi connectivity index (χ1v) is 16.0. The minimum absolute atomic E-state index is 0.00361. The zero-order valence-corrected chi connectivity index (χ0v) is 25.0. The fourth-order valence-corrected chi connectivity index (χ4v) is 5.14. The molecule has 0 radical (unpaired) electrons. The summed E-state index contributed by atoms with van der Waals surface area (Å²) in [5, 5.41) is 20.3. The average Bonchev–Trinajstić information content (AvgIpc) is 2.90. The summed E-state index contributed by atoms with van der Waals surface area (Å²) in [4.78, 5) is 11.3. The lowest BCUT2D eigenvalue weighted by Gasteiger charge is -2.19. The maximum absolute atomic E-state index is 11.3. The highest BCUT2D eigenvalue weighted by atomic mass is 16.7. The van der Waals surface area contributed by atoms with Gasteiger partial charge in [-0.15, -0.1) is 0 Å². The molecule has 1 rings (SSSR count). The van der Waals surface area contributed by atoms with Gasteiger partial charge in [-0.3, -0.25) is 0 Å². The van der Waals surface area contributed by atoms with Gasteiger partial charge in [-0.25, -0.2) is 4.79 Å². The van der Waals surface area contributed by atoms with Gasteiger partial charge in [0.25, 0.3) is 0 Å². The standard InChI is InChI=1S/C33H58O5/c1-4-7-10-13-16-17-20-23-26-37-30-27-31(38-33(35)36)32(34)29(25-22-19-15-12-9-6-3)28(30)24-21-18-14-11-8-5-2/h27,34H,4-26H2,1-3H3,(H,35,36). The molecule has 0 aliphatic carbocycles. The Labute approximate surface area is 233 Å². The van der Waals surface area contributed by atoms with Crippen LogP contribution in [0.15, 0.2) is 6.07 Å². The number of ether oxygens (including phenoxy) is 2. The zero-order chi connectivity index (χ0) is 27.8. The van der Waals surface area contributed by atoms with Crippen molar-refractivity contribution >= 4 is 6.16 Å². The van der Waals surface area contributed by atoms with Gasteiger partial charge in [-0.2, -0.15) is 0 Å². The molecule has 0 atom stereocenters. The van der Waals surface area contributed by atoms with E-state index in [-0.39, 0.29) is 11.5 Å². The summed E-state index contributed by atoms with van der Waals surface area (Å²) < 4.78 is 11.3. The second-order valence-corrected chi connectivity index (χ2v) is 10.9. The lowest BCUT2D eigenvalue weighted by Crippen LogP contribution is -2.08. The van der Waals surface area contributed by atoms with Crippen LogP contribution in [0, 0.1) is 0 Å². The first kappa shape index (κ1) is 34.1. The summed E-state index contributed by atoms with van der Waals surface area (Å²) in [6.07, 6.45) is 24.2. The molecule has 0 spiro atoms. The van der Waals surface area contributed by atoms with Crippen molar-refractivity contribution in [2.24, 2.45) is 0 Å². The monoisotopic (exact) mass is 534 g/mol. The summed E-state index contributed by atoms with van der Waals surface area (Å²) in [5.41, 5.74) is 1.86. The minimum atomic E-state index is -1.41. The van der Waals surface area contributed by atoms with Crippen LogP contribution in [0.5, 0.6) is 17.2 Å². The van der Waals surface area contributed by atoms with Gasteiger partial charge < -0.3 is 19.7 Å². The number of carbonyl (C=O) groups is 1. The van der Waals surface area contributed by atoms with Crippen LogP contribution in [0.1, 0.15) is 160 Å². The number of hydrogen-bond donors (Lipinski definition) is 2. The maximum atomic E-state index is 11.3. The fourth-order valence-electron chi connectivity index (χ4n) is 5.14. The second kappa shape index (κ2) is 23.0. The molecule has 0 aliphatic heterocycles.